The van der Waals surface area contributed by atoms with Crippen LogP contribution < -0.4 is 10.6 Å². The van der Waals surface area contributed by atoms with Gasteiger partial charge in [0.2, 0.25) is 11.8 Å². The number of ether oxygens (including phenoxy) is 1. The Labute approximate surface area is 125 Å². The van der Waals surface area contributed by atoms with Crippen LogP contribution in [0.5, 0.6) is 0 Å². The van der Waals surface area contributed by atoms with E-state index in [9.17, 15) is 9.59 Å². The maximum Gasteiger partial charge on any atom is 0.243 e. The summed E-state index contributed by atoms with van der Waals surface area (Å²) in [7, 11) is 0. The normalized spacial score (nSPS) is 18.4. The number of benzene rings is 1. The summed E-state index contributed by atoms with van der Waals surface area (Å²) in [6.07, 6.45) is 0.981. The third-order valence-electron chi connectivity index (χ3n) is 3.35. The zero-order valence-electron chi connectivity index (χ0n) is 12.5. The fourth-order valence-electron chi connectivity index (χ4n) is 2.27. The van der Waals surface area contributed by atoms with E-state index in [0.717, 1.165) is 5.56 Å². The SMILES string of the molecule is CC(C)(COCc1ccccc1)NC(=O)C1CCC(=O)N1. The first-order chi connectivity index (χ1) is 9.96. The lowest BCUT2D eigenvalue weighted by atomic mass is 10.1. The molecule has 0 spiro atoms. The molecular weight excluding hydrogens is 268 g/mol. The molecule has 0 aliphatic carbocycles. The van der Waals surface area contributed by atoms with Gasteiger partial charge in [0.1, 0.15) is 6.04 Å². The van der Waals surface area contributed by atoms with E-state index in [4.69, 9.17) is 4.74 Å². The number of rotatable bonds is 6. The lowest BCUT2D eigenvalue weighted by Crippen LogP contribution is -2.52. The van der Waals surface area contributed by atoms with Crippen LogP contribution in [-0.4, -0.2) is 30.0 Å². The third kappa shape index (κ3) is 4.86. The van der Waals surface area contributed by atoms with E-state index < -0.39 is 11.6 Å². The summed E-state index contributed by atoms with van der Waals surface area (Å²) in [5, 5.41) is 5.59. The van der Waals surface area contributed by atoms with Crippen LogP contribution in [0.1, 0.15) is 32.3 Å². The van der Waals surface area contributed by atoms with E-state index in [1.165, 1.54) is 0 Å². The van der Waals surface area contributed by atoms with Crippen molar-refractivity contribution in [2.75, 3.05) is 6.61 Å². The predicted molar refractivity (Wildman–Crippen MR) is 79.5 cm³/mol. The molecule has 1 aromatic carbocycles. The first kappa shape index (κ1) is 15.5. The minimum absolute atomic E-state index is 0.0618. The molecular formula is C16H22N2O3. The van der Waals surface area contributed by atoms with E-state index in [1.54, 1.807) is 0 Å². The highest BCUT2D eigenvalue weighted by Gasteiger charge is 2.30. The maximum atomic E-state index is 12.1. The summed E-state index contributed by atoms with van der Waals surface area (Å²) < 4.78 is 5.67. The van der Waals surface area contributed by atoms with Gasteiger partial charge in [0.05, 0.1) is 18.8 Å². The van der Waals surface area contributed by atoms with Gasteiger partial charge >= 0.3 is 0 Å². The largest absolute Gasteiger partial charge is 0.374 e. The van der Waals surface area contributed by atoms with Crippen LogP contribution >= 0.6 is 0 Å². The second kappa shape index (κ2) is 6.72. The maximum absolute atomic E-state index is 12.1. The molecule has 0 radical (unpaired) electrons. The Balaban J connectivity index is 1.76. The fraction of sp³-hybridized carbons (Fsp3) is 0.500. The molecule has 1 aliphatic heterocycles. The van der Waals surface area contributed by atoms with Crippen LogP contribution in [-0.2, 0) is 20.9 Å². The number of nitrogens with one attached hydrogen (secondary N) is 2. The standard InChI is InChI=1S/C16H22N2O3/c1-16(2,11-21-10-12-6-4-3-5-7-12)18-15(20)13-8-9-14(19)17-13/h3-7,13H,8-11H2,1-2H3,(H,17,19)(H,18,20). The van der Waals surface area contributed by atoms with Crippen molar-refractivity contribution in [3.05, 3.63) is 35.9 Å². The monoisotopic (exact) mass is 290 g/mol. The number of carbonyl (C=O) groups excluding carboxylic acids is 2. The molecule has 1 heterocycles. The molecule has 114 valence electrons. The molecule has 5 heteroatoms. The van der Waals surface area contributed by atoms with Crippen molar-refractivity contribution in [1.82, 2.24) is 10.6 Å². The van der Waals surface area contributed by atoms with Crippen LogP contribution in [0.2, 0.25) is 0 Å². The quantitative estimate of drug-likeness (QED) is 0.831. The van der Waals surface area contributed by atoms with Crippen molar-refractivity contribution in [3.63, 3.8) is 0 Å². The van der Waals surface area contributed by atoms with Gasteiger partial charge in [0, 0.05) is 6.42 Å². The molecule has 0 saturated carbocycles. The third-order valence-corrected chi connectivity index (χ3v) is 3.35. The number of carbonyl (C=O) groups is 2. The Morgan fingerprint density at radius 2 is 2.10 bits per heavy atom. The molecule has 2 amide bonds. The summed E-state index contributed by atoms with van der Waals surface area (Å²) in [6, 6.07) is 9.48. The van der Waals surface area contributed by atoms with Gasteiger partial charge in [0.25, 0.3) is 0 Å². The zero-order chi connectivity index (χ0) is 15.3. The summed E-state index contributed by atoms with van der Waals surface area (Å²) in [4.78, 5) is 23.2. The average Bonchev–Trinajstić information content (AvgIpc) is 2.86. The summed E-state index contributed by atoms with van der Waals surface area (Å²) >= 11 is 0. The second-order valence-corrected chi connectivity index (χ2v) is 6.01. The Morgan fingerprint density at radius 1 is 1.38 bits per heavy atom. The lowest BCUT2D eigenvalue weighted by Gasteiger charge is -2.27. The summed E-state index contributed by atoms with van der Waals surface area (Å²) in [5.74, 6) is -0.206. The van der Waals surface area contributed by atoms with E-state index in [2.05, 4.69) is 10.6 Å². The molecule has 21 heavy (non-hydrogen) atoms. The van der Waals surface area contributed by atoms with Gasteiger partial charge in [-0.25, -0.2) is 0 Å². The minimum atomic E-state index is -0.473. The van der Waals surface area contributed by atoms with Crippen LogP contribution in [0.25, 0.3) is 0 Å². The Kier molecular flexibility index (Phi) is 4.96. The highest BCUT2D eigenvalue weighted by Crippen LogP contribution is 2.11. The van der Waals surface area contributed by atoms with Gasteiger partial charge in [-0.15, -0.1) is 0 Å². The van der Waals surface area contributed by atoms with Gasteiger partial charge < -0.3 is 15.4 Å². The highest BCUT2D eigenvalue weighted by atomic mass is 16.5. The Morgan fingerprint density at radius 3 is 2.71 bits per heavy atom. The number of amides is 2. The zero-order valence-corrected chi connectivity index (χ0v) is 12.5. The van der Waals surface area contributed by atoms with Gasteiger partial charge in [-0.1, -0.05) is 30.3 Å². The topological polar surface area (TPSA) is 67.4 Å². The van der Waals surface area contributed by atoms with Crippen molar-refractivity contribution < 1.29 is 14.3 Å². The van der Waals surface area contributed by atoms with Crippen LogP contribution in [0, 0.1) is 0 Å². The average molecular weight is 290 g/mol. The Bertz CT molecular complexity index is 500. The van der Waals surface area contributed by atoms with E-state index in [-0.39, 0.29) is 11.8 Å². The Hall–Kier alpha value is -1.88. The molecule has 0 aromatic heterocycles. The van der Waals surface area contributed by atoms with Gasteiger partial charge in [-0.05, 0) is 25.8 Å². The van der Waals surface area contributed by atoms with Crippen LogP contribution in [0.3, 0.4) is 0 Å². The van der Waals surface area contributed by atoms with E-state index in [1.807, 2.05) is 44.2 Å². The highest BCUT2D eigenvalue weighted by molar-refractivity contribution is 5.91. The molecule has 2 N–H and O–H groups in total. The molecule has 1 fully saturated rings. The molecule has 1 unspecified atom stereocenters. The first-order valence-electron chi connectivity index (χ1n) is 7.19. The molecule has 1 aliphatic rings. The number of hydrogen-bond acceptors (Lipinski definition) is 3. The summed E-state index contributed by atoms with van der Waals surface area (Å²) in [5.41, 5.74) is 0.627. The van der Waals surface area contributed by atoms with Gasteiger partial charge in [-0.2, -0.15) is 0 Å². The molecule has 1 aromatic rings. The van der Waals surface area contributed by atoms with Crippen LogP contribution in [0.4, 0.5) is 0 Å². The smallest absolute Gasteiger partial charge is 0.243 e. The summed E-state index contributed by atoms with van der Waals surface area (Å²) in [6.45, 7) is 4.74. The second-order valence-electron chi connectivity index (χ2n) is 6.01. The van der Waals surface area contributed by atoms with Gasteiger partial charge in [-0.3, -0.25) is 9.59 Å². The number of hydrogen-bond donors (Lipinski definition) is 2. The molecule has 5 nitrogen and oxygen atoms in total. The van der Waals surface area contributed by atoms with Crippen LogP contribution in [0.15, 0.2) is 30.3 Å². The molecule has 1 saturated heterocycles. The van der Waals surface area contributed by atoms with E-state index in [0.29, 0.717) is 26.1 Å². The van der Waals surface area contributed by atoms with Gasteiger partial charge in [0.15, 0.2) is 0 Å². The van der Waals surface area contributed by atoms with Crippen molar-refractivity contribution >= 4 is 11.8 Å². The molecule has 2 rings (SSSR count). The van der Waals surface area contributed by atoms with Crippen molar-refractivity contribution in [1.29, 1.82) is 0 Å². The molecule has 0 bridgehead atoms. The van der Waals surface area contributed by atoms with Crippen molar-refractivity contribution in [3.8, 4) is 0 Å². The first-order valence-corrected chi connectivity index (χ1v) is 7.19. The molecule has 1 atom stereocenters. The van der Waals surface area contributed by atoms with Crippen molar-refractivity contribution in [2.45, 2.75) is 44.9 Å². The predicted octanol–water partition coefficient (Wildman–Crippen LogP) is 1.38. The lowest BCUT2D eigenvalue weighted by molar-refractivity contribution is -0.127. The minimum Gasteiger partial charge on any atom is -0.374 e. The fourth-order valence-corrected chi connectivity index (χ4v) is 2.27. The van der Waals surface area contributed by atoms with Crippen molar-refractivity contribution in [2.24, 2.45) is 0 Å². The van der Waals surface area contributed by atoms with E-state index >= 15 is 0 Å².